The summed E-state index contributed by atoms with van der Waals surface area (Å²) in [6, 6.07) is -0.936. The van der Waals surface area contributed by atoms with Crippen molar-refractivity contribution in [2.45, 2.75) is 29.8 Å². The molecular formula is C15H26N4O3S2. The molecule has 3 saturated heterocycles. The van der Waals surface area contributed by atoms with Crippen molar-refractivity contribution in [3.8, 4) is 0 Å². The van der Waals surface area contributed by atoms with Crippen molar-refractivity contribution in [3.63, 3.8) is 0 Å². The molecule has 7 nitrogen and oxygen atoms in total. The van der Waals surface area contributed by atoms with Gasteiger partial charge >= 0.3 is 0 Å². The van der Waals surface area contributed by atoms with E-state index in [1.807, 2.05) is 28.4 Å². The third-order valence-electron chi connectivity index (χ3n) is 4.98. The molecule has 0 aliphatic carbocycles. The van der Waals surface area contributed by atoms with E-state index in [1.54, 1.807) is 4.90 Å². The first kappa shape index (κ1) is 18.3. The van der Waals surface area contributed by atoms with E-state index in [-0.39, 0.29) is 29.3 Å². The molecule has 3 aliphatic rings. The molecule has 0 saturated carbocycles. The minimum atomic E-state index is -0.825. The van der Waals surface area contributed by atoms with E-state index in [2.05, 4.69) is 5.32 Å². The van der Waals surface area contributed by atoms with E-state index in [9.17, 15) is 9.59 Å². The number of amides is 2. The van der Waals surface area contributed by atoms with Gasteiger partial charge < -0.3 is 20.6 Å². The first-order valence-corrected chi connectivity index (χ1v) is 10.6. The molecule has 3 rings (SSSR count). The average molecular weight is 375 g/mol. The van der Waals surface area contributed by atoms with Crippen LogP contribution in [-0.4, -0.2) is 93.7 Å². The first-order chi connectivity index (χ1) is 11.5. The van der Waals surface area contributed by atoms with Gasteiger partial charge in [-0.1, -0.05) is 0 Å². The van der Waals surface area contributed by atoms with Crippen molar-refractivity contribution in [2.75, 3.05) is 50.0 Å². The number of aliphatic hydroxyl groups excluding tert-OH is 1. The fourth-order valence-corrected chi connectivity index (χ4v) is 5.78. The summed E-state index contributed by atoms with van der Waals surface area (Å²) >= 11 is 3.71. The molecule has 3 fully saturated rings. The topological polar surface area (TPSA) is 98.9 Å². The molecular weight excluding hydrogens is 348 g/mol. The van der Waals surface area contributed by atoms with Crippen molar-refractivity contribution in [1.29, 1.82) is 0 Å². The van der Waals surface area contributed by atoms with E-state index in [0.29, 0.717) is 13.1 Å². The maximum Gasteiger partial charge on any atom is 0.241 e. The molecule has 0 aromatic rings. The molecule has 4 N–H and O–H groups in total. The summed E-state index contributed by atoms with van der Waals surface area (Å²) in [6.45, 7) is 2.61. The first-order valence-electron chi connectivity index (χ1n) is 8.48. The Morgan fingerprint density at radius 2 is 1.88 bits per heavy atom. The van der Waals surface area contributed by atoms with Gasteiger partial charge in [0.05, 0.1) is 17.5 Å². The Balaban J connectivity index is 1.52. The van der Waals surface area contributed by atoms with Crippen molar-refractivity contribution < 1.29 is 14.7 Å². The normalized spacial score (nSPS) is 28.2. The molecule has 9 heteroatoms. The van der Waals surface area contributed by atoms with Crippen LogP contribution in [0.3, 0.4) is 0 Å². The summed E-state index contributed by atoms with van der Waals surface area (Å²) in [4.78, 5) is 28.3. The monoisotopic (exact) mass is 374 g/mol. The van der Waals surface area contributed by atoms with Gasteiger partial charge in [-0.05, 0) is 12.8 Å². The van der Waals surface area contributed by atoms with Crippen LogP contribution in [-0.2, 0) is 9.59 Å². The zero-order valence-corrected chi connectivity index (χ0v) is 15.4. The number of likely N-dealkylation sites (tertiary alicyclic amines) is 1. The molecule has 24 heavy (non-hydrogen) atoms. The van der Waals surface area contributed by atoms with E-state index in [0.717, 1.165) is 43.2 Å². The second kappa shape index (κ2) is 7.82. The van der Waals surface area contributed by atoms with Gasteiger partial charge in [-0.15, -0.1) is 11.8 Å². The van der Waals surface area contributed by atoms with E-state index in [1.165, 1.54) is 0 Å². The standard InChI is InChI=1S/C15H26N4O3S2/c16-11(9-20)13(21)18-3-1-15(2-4-18)17-12(10-24-15)14(22)19-5-7-23-8-6-19/h11-12,17,20H,1-10,16H2/t11-,12-/m0/s1. The molecule has 0 bridgehead atoms. The maximum absolute atomic E-state index is 12.7. The zero-order chi connectivity index (χ0) is 17.2. The van der Waals surface area contributed by atoms with Gasteiger partial charge in [0.2, 0.25) is 11.8 Å². The summed E-state index contributed by atoms with van der Waals surface area (Å²) < 4.78 is 0. The van der Waals surface area contributed by atoms with Crippen LogP contribution in [0.15, 0.2) is 0 Å². The molecule has 1 spiro atoms. The quantitative estimate of drug-likeness (QED) is 0.577. The number of aliphatic hydroxyl groups is 1. The smallest absolute Gasteiger partial charge is 0.241 e. The van der Waals surface area contributed by atoms with Crippen LogP contribution in [0.1, 0.15) is 12.8 Å². The predicted molar refractivity (Wildman–Crippen MR) is 96.9 cm³/mol. The molecule has 3 heterocycles. The van der Waals surface area contributed by atoms with Crippen LogP contribution in [0.5, 0.6) is 0 Å². The van der Waals surface area contributed by atoms with E-state index < -0.39 is 6.04 Å². The SMILES string of the molecule is N[C@@H](CO)C(=O)N1CCC2(CC1)N[C@H](C(=O)N1CCSCC1)CS2. The number of hydrogen-bond donors (Lipinski definition) is 3. The molecule has 0 aromatic heterocycles. The average Bonchev–Trinajstić information content (AvgIpc) is 3.05. The van der Waals surface area contributed by atoms with Crippen LogP contribution in [0.2, 0.25) is 0 Å². The Morgan fingerprint density at radius 1 is 1.21 bits per heavy atom. The number of carbonyl (C=O) groups is 2. The Bertz CT molecular complexity index is 479. The second-order valence-corrected chi connectivity index (χ2v) is 9.18. The number of hydrogen-bond acceptors (Lipinski definition) is 7. The van der Waals surface area contributed by atoms with E-state index in [4.69, 9.17) is 10.8 Å². The van der Waals surface area contributed by atoms with Crippen LogP contribution >= 0.6 is 23.5 Å². The minimum Gasteiger partial charge on any atom is -0.394 e. The zero-order valence-electron chi connectivity index (χ0n) is 13.8. The third kappa shape index (κ3) is 3.85. The lowest BCUT2D eigenvalue weighted by molar-refractivity contribution is -0.135. The summed E-state index contributed by atoms with van der Waals surface area (Å²) in [5.74, 6) is 2.89. The number of piperidine rings is 1. The third-order valence-corrected chi connectivity index (χ3v) is 7.50. The van der Waals surface area contributed by atoms with E-state index >= 15 is 0 Å². The van der Waals surface area contributed by atoms with Gasteiger partial charge in [0, 0.05) is 43.4 Å². The largest absolute Gasteiger partial charge is 0.394 e. The fourth-order valence-electron chi connectivity index (χ4n) is 3.47. The van der Waals surface area contributed by atoms with Crippen LogP contribution in [0.4, 0.5) is 0 Å². The fraction of sp³-hybridized carbons (Fsp3) is 0.867. The predicted octanol–water partition coefficient (Wildman–Crippen LogP) is -1.09. The van der Waals surface area contributed by atoms with Gasteiger partial charge in [0.1, 0.15) is 6.04 Å². The summed E-state index contributed by atoms with van der Waals surface area (Å²) in [5, 5.41) is 12.6. The molecule has 136 valence electrons. The lowest BCUT2D eigenvalue weighted by atomic mass is 10.0. The molecule has 0 unspecified atom stereocenters. The van der Waals surface area contributed by atoms with Gasteiger partial charge in [-0.2, -0.15) is 11.8 Å². The minimum absolute atomic E-state index is 0.106. The molecule has 0 aromatic carbocycles. The van der Waals surface area contributed by atoms with Crippen molar-refractivity contribution in [3.05, 3.63) is 0 Å². The lowest BCUT2D eigenvalue weighted by Gasteiger charge is -2.40. The Hall–Kier alpha value is -0.480. The lowest BCUT2D eigenvalue weighted by Crippen LogP contribution is -2.57. The van der Waals surface area contributed by atoms with Gasteiger partial charge in [-0.3, -0.25) is 14.9 Å². The Labute approximate surface area is 151 Å². The summed E-state index contributed by atoms with van der Waals surface area (Å²) in [5.41, 5.74) is 5.62. The van der Waals surface area contributed by atoms with Gasteiger partial charge in [-0.25, -0.2) is 0 Å². The highest BCUT2D eigenvalue weighted by Gasteiger charge is 2.45. The highest BCUT2D eigenvalue weighted by atomic mass is 32.2. The van der Waals surface area contributed by atoms with Crippen molar-refractivity contribution in [1.82, 2.24) is 15.1 Å². The van der Waals surface area contributed by atoms with Crippen LogP contribution < -0.4 is 11.1 Å². The van der Waals surface area contributed by atoms with Crippen LogP contribution in [0, 0.1) is 0 Å². The summed E-state index contributed by atoms with van der Waals surface area (Å²) in [7, 11) is 0. The Morgan fingerprint density at radius 3 is 2.50 bits per heavy atom. The van der Waals surface area contributed by atoms with Crippen molar-refractivity contribution in [2.24, 2.45) is 5.73 Å². The second-order valence-electron chi connectivity index (χ2n) is 6.55. The Kier molecular flexibility index (Phi) is 5.97. The van der Waals surface area contributed by atoms with Crippen LogP contribution in [0.25, 0.3) is 0 Å². The number of thioether (sulfide) groups is 2. The molecule has 2 amide bonds. The van der Waals surface area contributed by atoms with Crippen molar-refractivity contribution >= 4 is 35.3 Å². The maximum atomic E-state index is 12.7. The number of nitrogens with zero attached hydrogens (tertiary/aromatic N) is 2. The molecule has 0 radical (unpaired) electrons. The number of nitrogens with one attached hydrogen (secondary N) is 1. The highest BCUT2D eigenvalue weighted by Crippen LogP contribution is 2.39. The number of nitrogens with two attached hydrogens (primary N) is 1. The molecule has 3 aliphatic heterocycles. The summed E-state index contributed by atoms with van der Waals surface area (Å²) in [6.07, 6.45) is 1.61. The highest BCUT2D eigenvalue weighted by molar-refractivity contribution is 8.01. The van der Waals surface area contributed by atoms with Gasteiger partial charge in [0.15, 0.2) is 0 Å². The number of rotatable bonds is 3. The molecule has 2 atom stereocenters. The van der Waals surface area contributed by atoms with Gasteiger partial charge in [0.25, 0.3) is 0 Å². The number of carbonyl (C=O) groups excluding carboxylic acids is 2.